The van der Waals surface area contributed by atoms with Crippen LogP contribution in [0.2, 0.25) is 0 Å². The molecule has 0 saturated carbocycles. The van der Waals surface area contributed by atoms with Gasteiger partial charge in [0.25, 0.3) is 0 Å². The number of aryl methyl sites for hydroxylation is 1. The van der Waals surface area contributed by atoms with Gasteiger partial charge >= 0.3 is 0 Å². The molecule has 0 unspecified atom stereocenters. The fourth-order valence-electron chi connectivity index (χ4n) is 2.63. The van der Waals surface area contributed by atoms with Crippen LogP contribution in [0.3, 0.4) is 0 Å². The number of hydrogen-bond donors (Lipinski definition) is 1. The molecule has 1 N–H and O–H groups in total. The first-order valence-corrected chi connectivity index (χ1v) is 9.77. The van der Waals surface area contributed by atoms with Gasteiger partial charge in [-0.2, -0.15) is 0 Å². The van der Waals surface area contributed by atoms with Crippen molar-refractivity contribution in [3.63, 3.8) is 0 Å². The van der Waals surface area contributed by atoms with Crippen LogP contribution in [-0.4, -0.2) is 30.4 Å². The van der Waals surface area contributed by atoms with Gasteiger partial charge in [-0.05, 0) is 49.1 Å². The van der Waals surface area contributed by atoms with Crippen LogP contribution in [-0.2, 0) is 6.42 Å². The number of hydrogen-bond acceptors (Lipinski definition) is 3. The highest BCUT2D eigenvalue weighted by Crippen LogP contribution is 2.39. The summed E-state index contributed by atoms with van der Waals surface area (Å²) in [5.74, 6) is 1.54. The summed E-state index contributed by atoms with van der Waals surface area (Å²) in [6, 6.07) is 8.21. The molecule has 5 heteroatoms. The molecular formula is C18H21N2O2P. The van der Waals surface area contributed by atoms with Crippen LogP contribution >= 0.6 is 8.15 Å². The van der Waals surface area contributed by atoms with E-state index in [0.29, 0.717) is 0 Å². The molecule has 1 aromatic carbocycles. The Kier molecular flexibility index (Phi) is 4.53. The molecule has 0 bridgehead atoms. The Morgan fingerprint density at radius 1 is 1.13 bits per heavy atom. The zero-order valence-corrected chi connectivity index (χ0v) is 14.8. The van der Waals surface area contributed by atoms with Gasteiger partial charge in [-0.3, -0.25) is 0 Å². The van der Waals surface area contributed by atoms with E-state index >= 15 is 0 Å². The highest BCUT2D eigenvalue weighted by molar-refractivity contribution is 7.51. The van der Waals surface area contributed by atoms with Gasteiger partial charge in [-0.25, -0.2) is 4.98 Å². The topological polar surface area (TPSA) is 47.1 Å². The Morgan fingerprint density at radius 2 is 1.96 bits per heavy atom. The minimum atomic E-state index is -0.509. The SMILES string of the molecule is CCc1c[nH]c2ncc(-c3ccc(OC)c(OP(C)C)c3)cc12. The molecule has 0 spiro atoms. The average molecular weight is 328 g/mol. The molecule has 3 rings (SSSR count). The van der Waals surface area contributed by atoms with Crippen LogP contribution in [0.1, 0.15) is 12.5 Å². The van der Waals surface area contributed by atoms with E-state index in [-0.39, 0.29) is 0 Å². The summed E-state index contributed by atoms with van der Waals surface area (Å²) >= 11 is 0. The molecule has 23 heavy (non-hydrogen) atoms. The third-order valence-corrected chi connectivity index (χ3v) is 4.34. The number of aromatic amines is 1. The van der Waals surface area contributed by atoms with Crippen LogP contribution < -0.4 is 9.26 Å². The first-order valence-electron chi connectivity index (χ1n) is 7.62. The maximum Gasteiger partial charge on any atom is 0.165 e. The third kappa shape index (κ3) is 3.18. The quantitative estimate of drug-likeness (QED) is 0.682. The standard InChI is InChI=1S/C18H21N2O2P/c1-5-12-10-19-18-15(12)8-14(11-20-18)13-6-7-16(21-2)17(9-13)22-23(3)4/h6-11H,5H2,1-4H3,(H,19,20). The van der Waals surface area contributed by atoms with Crippen molar-refractivity contribution in [3.05, 3.63) is 42.2 Å². The van der Waals surface area contributed by atoms with Gasteiger partial charge in [0, 0.05) is 23.3 Å². The Morgan fingerprint density at radius 3 is 2.65 bits per heavy atom. The molecule has 2 heterocycles. The van der Waals surface area contributed by atoms with Gasteiger partial charge < -0.3 is 14.2 Å². The number of ether oxygens (including phenoxy) is 1. The number of benzene rings is 1. The number of rotatable bonds is 5. The number of fused-ring (bicyclic) bond motifs is 1. The second-order valence-corrected chi connectivity index (χ2v) is 7.36. The lowest BCUT2D eigenvalue weighted by molar-refractivity contribution is 0.398. The fraction of sp³-hybridized carbons (Fsp3) is 0.278. The van der Waals surface area contributed by atoms with Crippen molar-refractivity contribution in [2.24, 2.45) is 0 Å². The third-order valence-electron chi connectivity index (χ3n) is 3.78. The van der Waals surface area contributed by atoms with Crippen LogP contribution in [0.5, 0.6) is 11.5 Å². The number of nitrogens with one attached hydrogen (secondary N) is 1. The van der Waals surface area contributed by atoms with E-state index in [0.717, 1.165) is 34.7 Å². The number of methoxy groups -OCH3 is 1. The first kappa shape index (κ1) is 15.8. The second kappa shape index (κ2) is 6.59. The Balaban J connectivity index is 2.07. The van der Waals surface area contributed by atoms with Crippen molar-refractivity contribution in [2.75, 3.05) is 20.4 Å². The molecular weight excluding hydrogens is 307 g/mol. The molecule has 0 fully saturated rings. The number of nitrogens with zero attached hydrogens (tertiary/aromatic N) is 1. The fourth-order valence-corrected chi connectivity index (χ4v) is 3.17. The number of pyridine rings is 1. The van der Waals surface area contributed by atoms with Crippen LogP contribution in [0, 0.1) is 0 Å². The zero-order chi connectivity index (χ0) is 16.4. The summed E-state index contributed by atoms with van der Waals surface area (Å²) in [4.78, 5) is 7.76. The van der Waals surface area contributed by atoms with E-state index in [1.54, 1.807) is 7.11 Å². The Labute approximate surface area is 137 Å². The van der Waals surface area contributed by atoms with E-state index in [2.05, 4.69) is 36.3 Å². The molecule has 3 aromatic rings. The smallest absolute Gasteiger partial charge is 0.165 e. The van der Waals surface area contributed by atoms with Gasteiger partial charge in [-0.1, -0.05) is 13.0 Å². The van der Waals surface area contributed by atoms with Crippen molar-refractivity contribution in [3.8, 4) is 22.6 Å². The van der Waals surface area contributed by atoms with Crippen LogP contribution in [0.4, 0.5) is 0 Å². The Bertz CT molecular complexity index is 827. The molecule has 0 amide bonds. The lowest BCUT2D eigenvalue weighted by Gasteiger charge is -2.14. The van der Waals surface area contributed by atoms with E-state index in [1.165, 1.54) is 10.9 Å². The lowest BCUT2D eigenvalue weighted by Crippen LogP contribution is -1.92. The minimum Gasteiger partial charge on any atom is -0.493 e. The van der Waals surface area contributed by atoms with E-state index in [1.807, 2.05) is 30.6 Å². The van der Waals surface area contributed by atoms with E-state index < -0.39 is 8.15 Å². The molecule has 0 saturated heterocycles. The van der Waals surface area contributed by atoms with Crippen molar-refractivity contribution >= 4 is 19.2 Å². The van der Waals surface area contributed by atoms with Gasteiger partial charge in [-0.15, -0.1) is 0 Å². The van der Waals surface area contributed by atoms with Gasteiger partial charge in [0.1, 0.15) is 5.65 Å². The van der Waals surface area contributed by atoms with Crippen molar-refractivity contribution in [1.82, 2.24) is 9.97 Å². The maximum atomic E-state index is 5.93. The monoisotopic (exact) mass is 328 g/mol. The molecule has 2 aromatic heterocycles. The average Bonchev–Trinajstić information content (AvgIpc) is 2.96. The number of H-pyrrole nitrogens is 1. The predicted octanol–water partition coefficient (Wildman–Crippen LogP) is 4.84. The number of aromatic nitrogens is 2. The normalized spacial score (nSPS) is 11.2. The van der Waals surface area contributed by atoms with Gasteiger partial charge in [0.05, 0.1) is 15.3 Å². The van der Waals surface area contributed by atoms with E-state index in [9.17, 15) is 0 Å². The van der Waals surface area contributed by atoms with Crippen LogP contribution in [0.15, 0.2) is 36.7 Å². The predicted molar refractivity (Wildman–Crippen MR) is 96.9 cm³/mol. The van der Waals surface area contributed by atoms with Gasteiger partial charge in [0.15, 0.2) is 11.5 Å². The Hall–Kier alpha value is -2.06. The first-order chi connectivity index (χ1) is 11.1. The zero-order valence-electron chi connectivity index (χ0n) is 13.9. The summed E-state index contributed by atoms with van der Waals surface area (Å²) in [5.41, 5.74) is 4.37. The highest BCUT2D eigenvalue weighted by Gasteiger charge is 2.11. The summed E-state index contributed by atoms with van der Waals surface area (Å²) in [6.45, 7) is 6.30. The largest absolute Gasteiger partial charge is 0.493 e. The summed E-state index contributed by atoms with van der Waals surface area (Å²) < 4.78 is 11.3. The lowest BCUT2D eigenvalue weighted by atomic mass is 10.0. The molecule has 0 aliphatic carbocycles. The van der Waals surface area contributed by atoms with Crippen molar-refractivity contribution < 1.29 is 9.26 Å². The summed E-state index contributed by atoms with van der Waals surface area (Å²) in [5, 5.41) is 1.18. The molecule has 0 atom stereocenters. The van der Waals surface area contributed by atoms with Crippen molar-refractivity contribution in [1.29, 1.82) is 0 Å². The van der Waals surface area contributed by atoms with Crippen molar-refractivity contribution in [2.45, 2.75) is 13.3 Å². The van der Waals surface area contributed by atoms with Crippen LogP contribution in [0.25, 0.3) is 22.2 Å². The maximum absolute atomic E-state index is 5.93. The molecule has 0 aliphatic heterocycles. The van der Waals surface area contributed by atoms with Gasteiger partial charge in [0.2, 0.25) is 0 Å². The molecule has 4 nitrogen and oxygen atoms in total. The summed E-state index contributed by atoms with van der Waals surface area (Å²) in [6.07, 6.45) is 4.91. The summed E-state index contributed by atoms with van der Waals surface area (Å²) in [7, 11) is 1.15. The minimum absolute atomic E-state index is 0.509. The second-order valence-electron chi connectivity index (χ2n) is 5.56. The molecule has 0 aliphatic rings. The molecule has 0 radical (unpaired) electrons. The molecule has 120 valence electrons. The highest BCUT2D eigenvalue weighted by atomic mass is 31.1. The van der Waals surface area contributed by atoms with E-state index in [4.69, 9.17) is 9.26 Å².